The lowest BCUT2D eigenvalue weighted by atomic mass is 10.1. The fourth-order valence-corrected chi connectivity index (χ4v) is 2.03. The Morgan fingerprint density at radius 3 is 2.80 bits per heavy atom. The third-order valence-corrected chi connectivity index (χ3v) is 3.61. The Bertz CT molecular complexity index is 524. The standard InChI is InChI=1S/C12H14FIN2O4/c1-7(12(17)18)3-2-4-15-10-5-8(13)9(14)6-11(10)16(19)20/h5-7,15H,2-4H2,1H3,(H,17,18). The molecule has 0 saturated heterocycles. The SMILES string of the molecule is CC(CCCNc1cc(F)c(I)cc1[N+](=O)[O-])C(=O)O. The van der Waals surface area contributed by atoms with Crippen LogP contribution in [0.2, 0.25) is 0 Å². The number of benzene rings is 1. The Morgan fingerprint density at radius 2 is 2.25 bits per heavy atom. The van der Waals surface area contributed by atoms with Crippen molar-refractivity contribution in [1.82, 2.24) is 0 Å². The summed E-state index contributed by atoms with van der Waals surface area (Å²) in [6.07, 6.45) is 0.973. The molecule has 0 aromatic heterocycles. The van der Waals surface area contributed by atoms with Crippen LogP contribution in [-0.2, 0) is 4.79 Å². The number of aliphatic carboxylic acids is 1. The molecule has 0 spiro atoms. The first-order valence-corrected chi connectivity index (χ1v) is 7.01. The van der Waals surface area contributed by atoms with Crippen LogP contribution >= 0.6 is 22.6 Å². The topological polar surface area (TPSA) is 92.5 Å². The summed E-state index contributed by atoms with van der Waals surface area (Å²) in [5, 5.41) is 22.4. The number of carbonyl (C=O) groups is 1. The third kappa shape index (κ3) is 4.58. The van der Waals surface area contributed by atoms with Gasteiger partial charge in [0.15, 0.2) is 0 Å². The predicted molar refractivity (Wildman–Crippen MR) is 80.3 cm³/mol. The maximum atomic E-state index is 13.4. The predicted octanol–water partition coefficient (Wildman–Crippen LogP) is 3.25. The molecule has 6 nitrogen and oxygen atoms in total. The van der Waals surface area contributed by atoms with Gasteiger partial charge in [-0.1, -0.05) is 6.92 Å². The van der Waals surface area contributed by atoms with Crippen molar-refractivity contribution in [2.24, 2.45) is 5.92 Å². The van der Waals surface area contributed by atoms with Crippen molar-refractivity contribution < 1.29 is 19.2 Å². The lowest BCUT2D eigenvalue weighted by Crippen LogP contribution is -2.12. The van der Waals surface area contributed by atoms with Crippen molar-refractivity contribution in [2.45, 2.75) is 19.8 Å². The first-order valence-electron chi connectivity index (χ1n) is 5.93. The molecule has 110 valence electrons. The highest BCUT2D eigenvalue weighted by atomic mass is 127. The van der Waals surface area contributed by atoms with Gasteiger partial charge in [0.1, 0.15) is 11.5 Å². The largest absolute Gasteiger partial charge is 0.481 e. The van der Waals surface area contributed by atoms with Gasteiger partial charge < -0.3 is 10.4 Å². The number of nitro groups is 1. The first kappa shape index (κ1) is 16.6. The monoisotopic (exact) mass is 396 g/mol. The van der Waals surface area contributed by atoms with Crippen molar-refractivity contribution in [3.63, 3.8) is 0 Å². The van der Waals surface area contributed by atoms with Gasteiger partial charge in [-0.15, -0.1) is 0 Å². The molecule has 1 aromatic rings. The number of nitrogens with zero attached hydrogens (tertiary/aromatic N) is 1. The number of carboxylic acid groups (broad SMARTS) is 1. The first-order chi connectivity index (χ1) is 9.32. The number of halogens is 2. The second-order valence-electron chi connectivity index (χ2n) is 4.35. The zero-order chi connectivity index (χ0) is 15.3. The van der Waals surface area contributed by atoms with Crippen LogP contribution in [-0.4, -0.2) is 22.5 Å². The van der Waals surface area contributed by atoms with E-state index < -0.39 is 22.6 Å². The van der Waals surface area contributed by atoms with E-state index in [0.717, 1.165) is 12.1 Å². The van der Waals surface area contributed by atoms with Gasteiger partial charge in [0.05, 0.1) is 14.4 Å². The van der Waals surface area contributed by atoms with Crippen molar-refractivity contribution in [3.05, 3.63) is 31.6 Å². The van der Waals surface area contributed by atoms with E-state index in [2.05, 4.69) is 5.32 Å². The zero-order valence-corrected chi connectivity index (χ0v) is 12.9. The van der Waals surface area contributed by atoms with Crippen molar-refractivity contribution in [2.75, 3.05) is 11.9 Å². The lowest BCUT2D eigenvalue weighted by molar-refractivity contribution is -0.384. The Labute approximate surface area is 128 Å². The molecule has 1 unspecified atom stereocenters. The highest BCUT2D eigenvalue weighted by Gasteiger charge is 2.17. The fraction of sp³-hybridized carbons (Fsp3) is 0.417. The Kier molecular flexibility index (Phi) is 6.11. The molecule has 1 rings (SSSR count). The maximum absolute atomic E-state index is 13.4. The molecule has 20 heavy (non-hydrogen) atoms. The van der Waals surface area contributed by atoms with Gasteiger partial charge in [0, 0.05) is 18.7 Å². The highest BCUT2D eigenvalue weighted by Crippen LogP contribution is 2.28. The average molecular weight is 396 g/mol. The van der Waals surface area contributed by atoms with E-state index >= 15 is 0 Å². The summed E-state index contributed by atoms with van der Waals surface area (Å²) < 4.78 is 13.6. The van der Waals surface area contributed by atoms with Gasteiger partial charge in [-0.05, 0) is 35.4 Å². The number of nitro benzene ring substituents is 1. The van der Waals surface area contributed by atoms with Crippen molar-refractivity contribution in [1.29, 1.82) is 0 Å². The van der Waals surface area contributed by atoms with Crippen LogP contribution in [0.15, 0.2) is 12.1 Å². The van der Waals surface area contributed by atoms with Crippen LogP contribution in [0.25, 0.3) is 0 Å². The Balaban J connectivity index is 2.66. The molecule has 0 aliphatic carbocycles. The van der Waals surface area contributed by atoms with Crippen molar-refractivity contribution >= 4 is 39.9 Å². The molecule has 8 heteroatoms. The van der Waals surface area contributed by atoms with Gasteiger partial charge in [0.2, 0.25) is 0 Å². The maximum Gasteiger partial charge on any atom is 0.306 e. The van der Waals surface area contributed by atoms with Gasteiger partial charge in [-0.3, -0.25) is 14.9 Å². The number of hydrogen-bond donors (Lipinski definition) is 2. The van der Waals surface area contributed by atoms with E-state index in [-0.39, 0.29) is 14.9 Å². The summed E-state index contributed by atoms with van der Waals surface area (Å²) in [4.78, 5) is 20.9. The van der Waals surface area contributed by atoms with E-state index in [0.29, 0.717) is 19.4 Å². The van der Waals surface area contributed by atoms with E-state index in [9.17, 15) is 19.3 Å². The molecule has 2 N–H and O–H groups in total. The molecule has 0 heterocycles. The summed E-state index contributed by atoms with van der Waals surface area (Å²) in [7, 11) is 0. The number of nitrogens with one attached hydrogen (secondary N) is 1. The summed E-state index contributed by atoms with van der Waals surface area (Å²) in [6, 6.07) is 2.25. The molecule has 0 aliphatic heterocycles. The number of hydrogen-bond acceptors (Lipinski definition) is 4. The van der Waals surface area contributed by atoms with E-state index in [4.69, 9.17) is 5.11 Å². The zero-order valence-electron chi connectivity index (χ0n) is 10.7. The highest BCUT2D eigenvalue weighted by molar-refractivity contribution is 14.1. The van der Waals surface area contributed by atoms with Gasteiger partial charge in [-0.25, -0.2) is 4.39 Å². The van der Waals surface area contributed by atoms with Gasteiger partial charge in [0.25, 0.3) is 5.69 Å². The molecule has 0 aliphatic rings. The number of anilines is 1. The van der Waals surface area contributed by atoms with E-state index in [1.807, 2.05) is 0 Å². The van der Waals surface area contributed by atoms with Crippen LogP contribution in [0.4, 0.5) is 15.8 Å². The number of carboxylic acids is 1. The summed E-state index contributed by atoms with van der Waals surface area (Å²) in [5.74, 6) is -1.88. The summed E-state index contributed by atoms with van der Waals surface area (Å²) in [5.41, 5.74) is -0.0852. The van der Waals surface area contributed by atoms with Gasteiger partial charge in [-0.2, -0.15) is 0 Å². The molecule has 0 saturated carbocycles. The minimum Gasteiger partial charge on any atom is -0.481 e. The molecular formula is C12H14FIN2O4. The quantitative estimate of drug-likeness (QED) is 0.320. The normalized spacial score (nSPS) is 11.9. The molecule has 1 aromatic carbocycles. The minimum absolute atomic E-state index is 0.107. The second kappa shape index (κ2) is 7.36. The lowest BCUT2D eigenvalue weighted by Gasteiger charge is -2.09. The summed E-state index contributed by atoms with van der Waals surface area (Å²) in [6.45, 7) is 1.94. The van der Waals surface area contributed by atoms with Crippen LogP contribution < -0.4 is 5.32 Å². The third-order valence-electron chi connectivity index (χ3n) is 2.79. The molecular weight excluding hydrogens is 382 g/mol. The molecule has 0 bridgehead atoms. The molecule has 0 amide bonds. The number of rotatable bonds is 7. The summed E-state index contributed by atoms with van der Waals surface area (Å²) >= 11 is 1.69. The minimum atomic E-state index is -0.878. The average Bonchev–Trinajstić information content (AvgIpc) is 2.37. The smallest absolute Gasteiger partial charge is 0.306 e. The van der Waals surface area contributed by atoms with E-state index in [1.165, 1.54) is 0 Å². The Hall–Kier alpha value is -1.45. The van der Waals surface area contributed by atoms with Gasteiger partial charge >= 0.3 is 5.97 Å². The fourth-order valence-electron chi connectivity index (χ4n) is 1.58. The molecule has 0 radical (unpaired) electrons. The van der Waals surface area contributed by atoms with E-state index in [1.54, 1.807) is 29.5 Å². The van der Waals surface area contributed by atoms with Crippen molar-refractivity contribution in [3.8, 4) is 0 Å². The van der Waals surface area contributed by atoms with Crippen LogP contribution in [0, 0.1) is 25.4 Å². The second-order valence-corrected chi connectivity index (χ2v) is 5.51. The van der Waals surface area contributed by atoms with Crippen LogP contribution in [0.5, 0.6) is 0 Å². The molecule has 1 atom stereocenters. The van der Waals surface area contributed by atoms with Crippen LogP contribution in [0.3, 0.4) is 0 Å². The molecule has 0 fully saturated rings. The Morgan fingerprint density at radius 1 is 1.60 bits per heavy atom. The van der Waals surface area contributed by atoms with Crippen LogP contribution in [0.1, 0.15) is 19.8 Å².